The van der Waals surface area contributed by atoms with E-state index in [4.69, 9.17) is 5.73 Å². The van der Waals surface area contributed by atoms with E-state index in [0.717, 1.165) is 38.6 Å². The Bertz CT molecular complexity index is 321. The van der Waals surface area contributed by atoms with Crippen LogP contribution < -0.4 is 5.73 Å². The van der Waals surface area contributed by atoms with Crippen molar-refractivity contribution in [1.82, 2.24) is 4.90 Å². The highest BCUT2D eigenvalue weighted by molar-refractivity contribution is 5.79. The molecule has 4 heteroatoms. The van der Waals surface area contributed by atoms with Gasteiger partial charge in [0.05, 0.1) is 12.6 Å². The molecule has 1 heterocycles. The van der Waals surface area contributed by atoms with Crippen molar-refractivity contribution in [2.75, 3.05) is 13.2 Å². The fraction of sp³-hybridized carbons (Fsp3) is 0.933. The van der Waals surface area contributed by atoms with E-state index in [2.05, 4.69) is 13.8 Å². The van der Waals surface area contributed by atoms with E-state index in [9.17, 15) is 9.90 Å². The second-order valence-electron chi connectivity index (χ2n) is 6.56. The lowest BCUT2D eigenvalue weighted by atomic mass is 9.72. The summed E-state index contributed by atoms with van der Waals surface area (Å²) in [5.41, 5.74) is 6.15. The van der Waals surface area contributed by atoms with Crippen molar-refractivity contribution in [2.45, 2.75) is 58.0 Å². The molecule has 0 spiro atoms. The Morgan fingerprint density at radius 1 is 1.26 bits per heavy atom. The quantitative estimate of drug-likeness (QED) is 0.795. The molecule has 0 aromatic carbocycles. The summed E-state index contributed by atoms with van der Waals surface area (Å²) in [4.78, 5) is 14.7. The van der Waals surface area contributed by atoms with Crippen LogP contribution in [0.5, 0.6) is 0 Å². The molecule has 2 aliphatic rings. The van der Waals surface area contributed by atoms with Gasteiger partial charge in [0.1, 0.15) is 0 Å². The van der Waals surface area contributed by atoms with Crippen LogP contribution in [0.2, 0.25) is 0 Å². The number of hydrogen-bond donors (Lipinski definition) is 2. The molecule has 1 amide bonds. The number of nitrogens with zero attached hydrogens (tertiary/aromatic N) is 1. The van der Waals surface area contributed by atoms with Gasteiger partial charge in [-0.15, -0.1) is 0 Å². The third-order valence-electron chi connectivity index (χ3n) is 5.13. The average molecular weight is 268 g/mol. The van der Waals surface area contributed by atoms with Crippen molar-refractivity contribution in [3.8, 4) is 0 Å². The Hall–Kier alpha value is -0.610. The maximum absolute atomic E-state index is 12.7. The van der Waals surface area contributed by atoms with E-state index < -0.39 is 0 Å². The van der Waals surface area contributed by atoms with Gasteiger partial charge >= 0.3 is 0 Å². The maximum Gasteiger partial charge on any atom is 0.226 e. The average Bonchev–Trinajstić information content (AvgIpc) is 2.42. The van der Waals surface area contributed by atoms with Crippen LogP contribution in [0.1, 0.15) is 46.0 Å². The summed E-state index contributed by atoms with van der Waals surface area (Å²) in [6.45, 7) is 5.25. The van der Waals surface area contributed by atoms with E-state index in [1.807, 2.05) is 4.90 Å². The van der Waals surface area contributed by atoms with E-state index in [-0.39, 0.29) is 30.5 Å². The van der Waals surface area contributed by atoms with Gasteiger partial charge in [0.15, 0.2) is 0 Å². The summed E-state index contributed by atoms with van der Waals surface area (Å²) in [7, 11) is 0. The predicted molar refractivity (Wildman–Crippen MR) is 75.5 cm³/mol. The summed E-state index contributed by atoms with van der Waals surface area (Å²) < 4.78 is 0. The van der Waals surface area contributed by atoms with Crippen molar-refractivity contribution in [1.29, 1.82) is 0 Å². The Morgan fingerprint density at radius 2 is 2.00 bits per heavy atom. The zero-order valence-corrected chi connectivity index (χ0v) is 12.2. The number of carbonyl (C=O) groups is 1. The van der Waals surface area contributed by atoms with Crippen LogP contribution in [-0.4, -0.2) is 41.1 Å². The maximum atomic E-state index is 12.7. The van der Waals surface area contributed by atoms with Gasteiger partial charge in [-0.1, -0.05) is 13.8 Å². The van der Waals surface area contributed by atoms with E-state index in [1.165, 1.54) is 0 Å². The molecule has 3 N–H and O–H groups in total. The van der Waals surface area contributed by atoms with Crippen LogP contribution in [0.3, 0.4) is 0 Å². The molecule has 1 aliphatic carbocycles. The second kappa shape index (κ2) is 6.23. The molecule has 5 atom stereocenters. The molecule has 0 bridgehead atoms. The first-order valence-corrected chi connectivity index (χ1v) is 7.71. The van der Waals surface area contributed by atoms with Crippen molar-refractivity contribution < 1.29 is 9.90 Å². The van der Waals surface area contributed by atoms with Crippen LogP contribution in [0.15, 0.2) is 0 Å². The summed E-state index contributed by atoms with van der Waals surface area (Å²) in [5, 5.41) is 9.45. The first-order chi connectivity index (χ1) is 9.04. The van der Waals surface area contributed by atoms with E-state index >= 15 is 0 Å². The molecule has 0 aromatic rings. The number of aliphatic hydroxyl groups excluding tert-OH is 1. The van der Waals surface area contributed by atoms with Crippen LogP contribution >= 0.6 is 0 Å². The number of nitrogens with two attached hydrogens (primary N) is 1. The molecule has 4 nitrogen and oxygen atoms in total. The standard InChI is InChI=1S/C15H28N2O2/c1-10-7-11(2)14(16)8-13(10)15(19)17-6-4-3-5-12(17)9-18/h10-14,18H,3-9,16H2,1-2H3. The third kappa shape index (κ3) is 3.11. The molecule has 5 unspecified atom stereocenters. The molecule has 2 fully saturated rings. The third-order valence-corrected chi connectivity index (χ3v) is 5.13. The highest BCUT2D eigenvalue weighted by Crippen LogP contribution is 2.35. The van der Waals surface area contributed by atoms with Crippen molar-refractivity contribution in [3.63, 3.8) is 0 Å². The van der Waals surface area contributed by atoms with E-state index in [1.54, 1.807) is 0 Å². The largest absolute Gasteiger partial charge is 0.394 e. The molecule has 0 aromatic heterocycles. The molecule has 1 saturated heterocycles. The molecule has 0 radical (unpaired) electrons. The van der Waals surface area contributed by atoms with Gasteiger partial charge in [0, 0.05) is 18.5 Å². The zero-order chi connectivity index (χ0) is 14.0. The Balaban J connectivity index is 2.05. The molecule has 1 saturated carbocycles. The lowest BCUT2D eigenvalue weighted by Gasteiger charge is -2.42. The van der Waals surface area contributed by atoms with Gasteiger partial charge in [0.25, 0.3) is 0 Å². The number of likely N-dealkylation sites (tertiary alicyclic amines) is 1. The van der Waals surface area contributed by atoms with Crippen molar-refractivity contribution in [3.05, 3.63) is 0 Å². The van der Waals surface area contributed by atoms with Crippen LogP contribution in [0.25, 0.3) is 0 Å². The summed E-state index contributed by atoms with van der Waals surface area (Å²) in [6.07, 6.45) is 4.95. The fourth-order valence-corrected chi connectivity index (χ4v) is 3.72. The number of rotatable bonds is 2. The first kappa shape index (κ1) is 14.8. The van der Waals surface area contributed by atoms with Gasteiger partial charge in [-0.25, -0.2) is 0 Å². The minimum absolute atomic E-state index is 0.0315. The topological polar surface area (TPSA) is 66.6 Å². The molecular formula is C15H28N2O2. The minimum Gasteiger partial charge on any atom is -0.394 e. The second-order valence-corrected chi connectivity index (χ2v) is 6.56. The Morgan fingerprint density at radius 3 is 2.68 bits per heavy atom. The summed E-state index contributed by atoms with van der Waals surface area (Å²) in [6, 6.07) is 0.173. The summed E-state index contributed by atoms with van der Waals surface area (Å²) >= 11 is 0. The number of amides is 1. The Labute approximate surface area is 116 Å². The number of carbonyl (C=O) groups excluding carboxylic acids is 1. The van der Waals surface area contributed by atoms with Gasteiger partial charge in [-0.05, 0) is 43.9 Å². The minimum atomic E-state index is 0.0315. The SMILES string of the molecule is CC1CC(C)C(C(=O)N2CCCCC2CO)CC1N. The van der Waals surface area contributed by atoms with Crippen LogP contribution in [-0.2, 0) is 4.79 Å². The van der Waals surface area contributed by atoms with Gasteiger partial charge in [0.2, 0.25) is 5.91 Å². The van der Waals surface area contributed by atoms with E-state index in [0.29, 0.717) is 11.8 Å². The van der Waals surface area contributed by atoms with Gasteiger partial charge in [-0.3, -0.25) is 4.79 Å². The first-order valence-electron chi connectivity index (χ1n) is 7.71. The normalized spacial score (nSPS) is 40.2. The number of piperidine rings is 1. The highest BCUT2D eigenvalue weighted by Gasteiger charge is 2.39. The van der Waals surface area contributed by atoms with Crippen LogP contribution in [0.4, 0.5) is 0 Å². The van der Waals surface area contributed by atoms with Crippen molar-refractivity contribution in [2.24, 2.45) is 23.5 Å². The van der Waals surface area contributed by atoms with Crippen LogP contribution in [0, 0.1) is 17.8 Å². The monoisotopic (exact) mass is 268 g/mol. The van der Waals surface area contributed by atoms with Gasteiger partial charge < -0.3 is 15.7 Å². The zero-order valence-electron chi connectivity index (χ0n) is 12.2. The lowest BCUT2D eigenvalue weighted by Crippen LogP contribution is -2.52. The molecule has 19 heavy (non-hydrogen) atoms. The fourth-order valence-electron chi connectivity index (χ4n) is 3.72. The molecule has 110 valence electrons. The molecule has 1 aliphatic heterocycles. The molecular weight excluding hydrogens is 240 g/mol. The highest BCUT2D eigenvalue weighted by atomic mass is 16.3. The lowest BCUT2D eigenvalue weighted by molar-refractivity contribution is -0.143. The smallest absolute Gasteiger partial charge is 0.226 e. The molecule has 2 rings (SSSR count). The number of aliphatic hydroxyl groups is 1. The summed E-state index contributed by atoms with van der Waals surface area (Å²) in [5.74, 6) is 1.20. The number of hydrogen-bond acceptors (Lipinski definition) is 3. The van der Waals surface area contributed by atoms with Gasteiger partial charge in [-0.2, -0.15) is 0 Å². The predicted octanol–water partition coefficient (Wildman–Crippen LogP) is 1.37. The Kier molecular flexibility index (Phi) is 4.85. The van der Waals surface area contributed by atoms with Crippen molar-refractivity contribution >= 4 is 5.91 Å².